The van der Waals surface area contributed by atoms with Gasteiger partial charge in [-0.15, -0.1) is 0 Å². The van der Waals surface area contributed by atoms with Crippen LogP contribution in [0.25, 0.3) is 28.1 Å². The zero-order valence-corrected chi connectivity index (χ0v) is 16.3. The standard InChI is InChI=1S/C18H18ClFN6O2/c1-25-15-10(8-11(28-3)13(19)14(15)20)16(26-6-5-21-9-26)17(25)18-22-12(23-24-18)4-7-27-2/h5-6,8-9H,4,7H2,1-3H3,(H,22,23,24). The van der Waals surface area contributed by atoms with Crippen molar-refractivity contribution in [1.82, 2.24) is 29.3 Å². The number of aromatic nitrogens is 6. The average Bonchev–Trinajstić information content (AvgIpc) is 3.42. The average molecular weight is 405 g/mol. The first-order valence-electron chi connectivity index (χ1n) is 8.50. The molecule has 0 aliphatic carbocycles. The molecular formula is C18H18ClFN6O2. The van der Waals surface area contributed by atoms with Crippen molar-refractivity contribution < 1.29 is 13.9 Å². The number of hydrogen-bond acceptors (Lipinski definition) is 5. The lowest BCUT2D eigenvalue weighted by molar-refractivity contribution is 0.200. The third-order valence-corrected chi connectivity index (χ3v) is 4.92. The first-order valence-corrected chi connectivity index (χ1v) is 8.87. The van der Waals surface area contributed by atoms with Crippen molar-refractivity contribution >= 4 is 22.5 Å². The molecule has 0 aliphatic heterocycles. The lowest BCUT2D eigenvalue weighted by Crippen LogP contribution is -1.99. The van der Waals surface area contributed by atoms with Crippen molar-refractivity contribution in [2.45, 2.75) is 6.42 Å². The van der Waals surface area contributed by atoms with E-state index in [1.807, 2.05) is 0 Å². The topological polar surface area (TPSA) is 82.8 Å². The summed E-state index contributed by atoms with van der Waals surface area (Å²) in [5.74, 6) is 0.798. The van der Waals surface area contributed by atoms with Crippen LogP contribution in [0.15, 0.2) is 24.8 Å². The number of aryl methyl sites for hydroxylation is 1. The molecule has 0 aliphatic rings. The van der Waals surface area contributed by atoms with Crippen molar-refractivity contribution in [3.05, 3.63) is 41.5 Å². The van der Waals surface area contributed by atoms with E-state index in [0.29, 0.717) is 47.0 Å². The van der Waals surface area contributed by atoms with Gasteiger partial charge in [-0.3, -0.25) is 5.10 Å². The van der Waals surface area contributed by atoms with Gasteiger partial charge < -0.3 is 18.6 Å². The van der Waals surface area contributed by atoms with Crippen molar-refractivity contribution in [2.24, 2.45) is 7.05 Å². The maximum atomic E-state index is 15.1. The fraction of sp³-hybridized carbons (Fsp3) is 0.278. The summed E-state index contributed by atoms with van der Waals surface area (Å²) >= 11 is 6.16. The van der Waals surface area contributed by atoms with E-state index >= 15 is 4.39 Å². The number of fused-ring (bicyclic) bond motifs is 1. The van der Waals surface area contributed by atoms with E-state index in [-0.39, 0.29) is 10.8 Å². The van der Waals surface area contributed by atoms with Gasteiger partial charge in [0.1, 0.15) is 16.5 Å². The highest BCUT2D eigenvalue weighted by Gasteiger charge is 2.26. The predicted octanol–water partition coefficient (Wildman–Crippen LogP) is 3.14. The zero-order chi connectivity index (χ0) is 19.8. The molecule has 0 fully saturated rings. The predicted molar refractivity (Wildman–Crippen MR) is 103 cm³/mol. The number of nitrogens with one attached hydrogen (secondary N) is 1. The van der Waals surface area contributed by atoms with Gasteiger partial charge >= 0.3 is 0 Å². The van der Waals surface area contributed by atoms with Crippen LogP contribution in [-0.2, 0) is 18.2 Å². The van der Waals surface area contributed by atoms with Gasteiger partial charge in [-0.1, -0.05) is 11.6 Å². The van der Waals surface area contributed by atoms with E-state index in [1.165, 1.54) is 7.11 Å². The first-order chi connectivity index (χ1) is 13.6. The Labute approximate surface area is 164 Å². The Morgan fingerprint density at radius 1 is 1.32 bits per heavy atom. The highest BCUT2D eigenvalue weighted by molar-refractivity contribution is 6.33. The third kappa shape index (κ3) is 2.83. The minimum Gasteiger partial charge on any atom is -0.495 e. The Balaban J connectivity index is 2.02. The molecule has 146 valence electrons. The van der Waals surface area contributed by atoms with Gasteiger partial charge in [0.15, 0.2) is 17.5 Å². The largest absolute Gasteiger partial charge is 0.495 e. The number of rotatable bonds is 6. The number of imidazole rings is 1. The Bertz CT molecular complexity index is 1140. The van der Waals surface area contributed by atoms with Crippen molar-refractivity contribution in [2.75, 3.05) is 20.8 Å². The summed E-state index contributed by atoms with van der Waals surface area (Å²) in [6.07, 6.45) is 5.63. The lowest BCUT2D eigenvalue weighted by Gasteiger charge is -2.07. The summed E-state index contributed by atoms with van der Waals surface area (Å²) in [6.45, 7) is 0.502. The van der Waals surface area contributed by atoms with Gasteiger partial charge in [0, 0.05) is 38.4 Å². The van der Waals surface area contributed by atoms with Gasteiger partial charge in [-0.2, -0.15) is 5.10 Å². The molecular weight excluding hydrogens is 387 g/mol. The number of ether oxygens (including phenoxy) is 2. The smallest absolute Gasteiger partial charge is 0.174 e. The zero-order valence-electron chi connectivity index (χ0n) is 15.5. The van der Waals surface area contributed by atoms with Gasteiger partial charge in [0.25, 0.3) is 0 Å². The van der Waals surface area contributed by atoms with E-state index in [2.05, 4.69) is 20.2 Å². The quantitative estimate of drug-likeness (QED) is 0.533. The second kappa shape index (κ2) is 7.25. The number of hydrogen-bond donors (Lipinski definition) is 1. The van der Waals surface area contributed by atoms with Crippen LogP contribution in [0, 0.1) is 5.82 Å². The summed E-state index contributed by atoms with van der Waals surface area (Å²) in [4.78, 5) is 8.67. The minimum absolute atomic E-state index is 0.0716. The van der Waals surface area contributed by atoms with Crippen LogP contribution >= 0.6 is 11.6 Å². The van der Waals surface area contributed by atoms with Crippen LogP contribution in [0.1, 0.15) is 5.82 Å². The van der Waals surface area contributed by atoms with Gasteiger partial charge in [-0.25, -0.2) is 14.4 Å². The summed E-state index contributed by atoms with van der Waals surface area (Å²) in [5.41, 5.74) is 1.67. The fourth-order valence-corrected chi connectivity index (χ4v) is 3.50. The molecule has 4 aromatic rings. The van der Waals surface area contributed by atoms with E-state index in [4.69, 9.17) is 21.1 Å². The molecule has 3 heterocycles. The van der Waals surface area contributed by atoms with Crippen LogP contribution < -0.4 is 4.74 Å². The number of nitrogens with zero attached hydrogens (tertiary/aromatic N) is 5. The maximum Gasteiger partial charge on any atom is 0.174 e. The molecule has 3 aromatic heterocycles. The fourth-order valence-electron chi connectivity index (χ4n) is 3.28. The molecule has 0 radical (unpaired) electrons. The van der Waals surface area contributed by atoms with Crippen LogP contribution in [0.4, 0.5) is 4.39 Å². The Morgan fingerprint density at radius 3 is 2.82 bits per heavy atom. The highest BCUT2D eigenvalue weighted by Crippen LogP contribution is 2.41. The number of aromatic amines is 1. The second-order valence-electron chi connectivity index (χ2n) is 6.17. The van der Waals surface area contributed by atoms with E-state index in [0.717, 1.165) is 0 Å². The van der Waals surface area contributed by atoms with Crippen LogP contribution in [0.5, 0.6) is 5.75 Å². The molecule has 1 aromatic carbocycles. The molecule has 8 nitrogen and oxygen atoms in total. The third-order valence-electron chi connectivity index (χ3n) is 4.57. The molecule has 4 rings (SSSR count). The molecule has 0 atom stereocenters. The van der Waals surface area contributed by atoms with Gasteiger partial charge in [0.2, 0.25) is 0 Å². The van der Waals surface area contributed by atoms with Crippen LogP contribution in [0.3, 0.4) is 0 Å². The number of H-pyrrole nitrogens is 1. The number of halogens is 2. The SMILES string of the molecule is COCCc1n[nH]c(-c2c(-n3ccnc3)c3cc(OC)c(Cl)c(F)c3n2C)n1. The summed E-state index contributed by atoms with van der Waals surface area (Å²) in [5, 5.41) is 7.72. The highest BCUT2D eigenvalue weighted by atomic mass is 35.5. The van der Waals surface area contributed by atoms with Gasteiger partial charge in [-0.05, 0) is 6.07 Å². The molecule has 0 saturated carbocycles. The monoisotopic (exact) mass is 404 g/mol. The molecule has 0 amide bonds. The van der Waals surface area contributed by atoms with Crippen molar-refractivity contribution in [1.29, 1.82) is 0 Å². The van der Waals surface area contributed by atoms with Crippen LogP contribution in [0.2, 0.25) is 5.02 Å². The van der Waals surface area contributed by atoms with Gasteiger partial charge in [0.05, 0.1) is 31.2 Å². The van der Waals surface area contributed by atoms with E-state index < -0.39 is 5.82 Å². The Kier molecular flexibility index (Phi) is 4.78. The van der Waals surface area contributed by atoms with E-state index in [9.17, 15) is 0 Å². The first kappa shape index (κ1) is 18.5. The second-order valence-corrected chi connectivity index (χ2v) is 6.55. The lowest BCUT2D eigenvalue weighted by atomic mass is 10.2. The normalized spacial score (nSPS) is 11.5. The minimum atomic E-state index is -0.565. The van der Waals surface area contributed by atoms with E-state index in [1.54, 1.807) is 48.1 Å². The molecule has 1 N–H and O–H groups in total. The molecule has 0 spiro atoms. The van der Waals surface area contributed by atoms with Crippen LogP contribution in [-0.4, -0.2) is 50.1 Å². The number of methoxy groups -OCH3 is 2. The maximum absolute atomic E-state index is 15.1. The van der Waals surface area contributed by atoms with Crippen molar-refractivity contribution in [3.8, 4) is 23.0 Å². The molecule has 0 unspecified atom stereocenters. The Hall–Kier alpha value is -2.91. The molecule has 0 saturated heterocycles. The molecule has 28 heavy (non-hydrogen) atoms. The summed E-state index contributed by atoms with van der Waals surface area (Å²) < 4.78 is 28.9. The molecule has 0 bridgehead atoms. The molecule has 10 heteroatoms. The number of benzene rings is 1. The van der Waals surface area contributed by atoms with Crippen molar-refractivity contribution in [3.63, 3.8) is 0 Å². The summed E-state index contributed by atoms with van der Waals surface area (Å²) in [7, 11) is 4.82. The Morgan fingerprint density at radius 2 is 2.14 bits per heavy atom. The summed E-state index contributed by atoms with van der Waals surface area (Å²) in [6, 6.07) is 1.71.